The summed E-state index contributed by atoms with van der Waals surface area (Å²) in [5, 5.41) is 19.8. The lowest BCUT2D eigenvalue weighted by Crippen LogP contribution is -1.96. The quantitative estimate of drug-likeness (QED) is 0.145. The number of aryl methyl sites for hydroxylation is 5. The molecule has 44 heavy (non-hydrogen) atoms. The van der Waals surface area contributed by atoms with Gasteiger partial charge in [-0.3, -0.25) is 4.57 Å². The second-order valence-corrected chi connectivity index (χ2v) is 13.7. The molecule has 4 rings (SSSR count). The minimum Gasteiger partial charge on any atom is -0.508 e. The molecule has 0 unspecified atom stereocenters. The van der Waals surface area contributed by atoms with Crippen LogP contribution in [-0.2, 0) is 10.7 Å². The molecule has 4 N–H and O–H groups in total. The number of hydrogen-bond donors (Lipinski definition) is 4. The zero-order chi connectivity index (χ0) is 32.9. The van der Waals surface area contributed by atoms with Gasteiger partial charge >= 0.3 is 7.60 Å². The van der Waals surface area contributed by atoms with Gasteiger partial charge < -0.3 is 29.5 Å². The molecule has 0 atom stereocenters. The molecule has 7 nitrogen and oxygen atoms in total. The van der Waals surface area contributed by atoms with Gasteiger partial charge in [-0.1, -0.05) is 57.5 Å². The molecule has 0 fully saturated rings. The number of hydrogen-bond acceptors (Lipinski definition) is 5. The number of phenols is 2. The van der Waals surface area contributed by atoms with E-state index < -0.39 is 7.60 Å². The third kappa shape index (κ3) is 9.36. The van der Waals surface area contributed by atoms with E-state index in [2.05, 4.69) is 46.8 Å². The van der Waals surface area contributed by atoms with Crippen molar-refractivity contribution in [2.75, 3.05) is 0 Å². The van der Waals surface area contributed by atoms with Crippen molar-refractivity contribution in [3.8, 4) is 34.5 Å². The summed E-state index contributed by atoms with van der Waals surface area (Å²) in [7, 11) is -4.10. The molecular weight excluding hydrogens is 575 g/mol. The minimum absolute atomic E-state index is 0.168. The van der Waals surface area contributed by atoms with Gasteiger partial charge in [-0.15, -0.1) is 0 Å². The van der Waals surface area contributed by atoms with Gasteiger partial charge in [0.2, 0.25) is 0 Å². The van der Waals surface area contributed by atoms with Crippen molar-refractivity contribution >= 4 is 7.60 Å². The molecule has 0 aliphatic rings. The van der Waals surface area contributed by atoms with Crippen LogP contribution in [0.4, 0.5) is 0 Å². The summed E-state index contributed by atoms with van der Waals surface area (Å²) >= 11 is 0. The van der Waals surface area contributed by atoms with E-state index in [1.807, 2.05) is 39.8 Å². The van der Waals surface area contributed by atoms with Gasteiger partial charge in [0.25, 0.3) is 0 Å². The van der Waals surface area contributed by atoms with E-state index >= 15 is 0 Å². The fourth-order valence-corrected chi connectivity index (χ4v) is 5.87. The maximum absolute atomic E-state index is 11.2. The molecule has 0 aromatic heterocycles. The summed E-state index contributed by atoms with van der Waals surface area (Å²) in [5.74, 6) is 3.93. The van der Waals surface area contributed by atoms with E-state index in [0.29, 0.717) is 22.8 Å². The van der Waals surface area contributed by atoms with Gasteiger partial charge in [0, 0.05) is 11.1 Å². The standard InChI is InChI=1S/C18H23O5P.C18H22O2/c1-11(2)16-9-15(5-6-17(16)19)23-18-12(3)7-14(8-13(18)4)10-24(20,21)22;1-11(2)16-10-15(6-7-17(16)19)20-18-13(4)8-12(3)9-14(18)5/h5-9,11,19H,10H2,1-4H3,(H2,20,21,22);6-11,19H,1-5H3. The molecule has 0 aliphatic carbocycles. The molecule has 4 aromatic rings. The number of benzene rings is 4. The highest BCUT2D eigenvalue weighted by Gasteiger charge is 2.17. The second kappa shape index (κ2) is 14.3. The van der Waals surface area contributed by atoms with E-state index in [1.165, 1.54) is 5.56 Å². The second-order valence-electron chi connectivity index (χ2n) is 12.1. The van der Waals surface area contributed by atoms with Gasteiger partial charge in [-0.05, 0) is 111 Å². The minimum atomic E-state index is -4.10. The Morgan fingerprint density at radius 2 is 0.977 bits per heavy atom. The molecule has 0 saturated carbocycles. The molecule has 236 valence electrons. The van der Waals surface area contributed by atoms with Crippen molar-refractivity contribution in [3.05, 3.63) is 105 Å². The zero-order valence-electron chi connectivity index (χ0n) is 27.1. The first-order valence-corrected chi connectivity index (χ1v) is 16.5. The van der Waals surface area contributed by atoms with Crippen LogP contribution in [0.2, 0.25) is 0 Å². The zero-order valence-corrected chi connectivity index (χ0v) is 28.0. The van der Waals surface area contributed by atoms with Gasteiger partial charge in [0.1, 0.15) is 34.5 Å². The van der Waals surface area contributed by atoms with Crippen molar-refractivity contribution in [1.82, 2.24) is 0 Å². The predicted octanol–water partition coefficient (Wildman–Crippen LogP) is 9.84. The smallest absolute Gasteiger partial charge is 0.329 e. The predicted molar refractivity (Wildman–Crippen MR) is 177 cm³/mol. The maximum Gasteiger partial charge on any atom is 0.329 e. The summed E-state index contributed by atoms with van der Waals surface area (Å²) < 4.78 is 23.2. The third-order valence-corrected chi connectivity index (χ3v) is 7.97. The molecule has 8 heteroatoms. The van der Waals surface area contributed by atoms with Crippen molar-refractivity contribution < 1.29 is 34.0 Å². The molecule has 0 saturated heterocycles. The Morgan fingerprint density at radius 1 is 0.614 bits per heavy atom. The van der Waals surface area contributed by atoms with Crippen LogP contribution in [0.25, 0.3) is 0 Å². The normalized spacial score (nSPS) is 11.4. The number of phenolic OH excluding ortho intramolecular Hbond substituents is 2. The molecule has 0 bridgehead atoms. The van der Waals surface area contributed by atoms with Crippen molar-refractivity contribution in [2.45, 2.75) is 80.3 Å². The summed E-state index contributed by atoms with van der Waals surface area (Å²) in [6.45, 7) is 18.0. The van der Waals surface area contributed by atoms with Crippen LogP contribution in [0, 0.1) is 34.6 Å². The van der Waals surface area contributed by atoms with E-state index in [-0.39, 0.29) is 23.7 Å². The van der Waals surface area contributed by atoms with E-state index in [9.17, 15) is 14.8 Å². The van der Waals surface area contributed by atoms with Crippen LogP contribution >= 0.6 is 7.60 Å². The summed E-state index contributed by atoms with van der Waals surface area (Å²) in [5.41, 5.74) is 7.39. The Kier molecular flexibility index (Phi) is 11.3. The molecule has 4 aromatic carbocycles. The van der Waals surface area contributed by atoms with E-state index in [4.69, 9.17) is 19.3 Å². The van der Waals surface area contributed by atoms with Crippen molar-refractivity contribution in [3.63, 3.8) is 0 Å². The molecule has 0 radical (unpaired) electrons. The van der Waals surface area contributed by atoms with E-state index in [1.54, 1.807) is 36.4 Å². The Balaban J connectivity index is 0.000000244. The fraction of sp³-hybridized carbons (Fsp3) is 0.333. The van der Waals surface area contributed by atoms with Gasteiger partial charge in [0.15, 0.2) is 0 Å². The van der Waals surface area contributed by atoms with Crippen LogP contribution in [-0.4, -0.2) is 20.0 Å². The lowest BCUT2D eigenvalue weighted by molar-refractivity contribution is 0.371. The Bertz CT molecular complexity index is 1620. The van der Waals surface area contributed by atoms with E-state index in [0.717, 1.165) is 44.9 Å². The highest BCUT2D eigenvalue weighted by Crippen LogP contribution is 2.41. The fourth-order valence-electron chi connectivity index (χ4n) is 5.21. The third-order valence-electron chi connectivity index (χ3n) is 7.20. The Morgan fingerprint density at radius 3 is 1.32 bits per heavy atom. The first kappa shape index (κ1) is 34.7. The number of ether oxygens (including phenoxy) is 2. The van der Waals surface area contributed by atoms with Gasteiger partial charge in [0.05, 0.1) is 6.16 Å². The van der Waals surface area contributed by atoms with Crippen LogP contribution < -0.4 is 9.47 Å². The molecule has 0 amide bonds. The Hall–Kier alpha value is -3.77. The van der Waals surface area contributed by atoms with Crippen molar-refractivity contribution in [2.24, 2.45) is 0 Å². The van der Waals surface area contributed by atoms with Crippen LogP contribution in [0.3, 0.4) is 0 Å². The Labute approximate surface area is 261 Å². The number of aromatic hydroxyl groups is 2. The lowest BCUT2D eigenvalue weighted by Gasteiger charge is -2.16. The first-order valence-electron chi connectivity index (χ1n) is 14.7. The topological polar surface area (TPSA) is 116 Å². The van der Waals surface area contributed by atoms with Gasteiger partial charge in [-0.2, -0.15) is 0 Å². The molecule has 0 heterocycles. The number of rotatable bonds is 8. The summed E-state index contributed by atoms with van der Waals surface area (Å²) in [4.78, 5) is 18.2. The summed E-state index contributed by atoms with van der Waals surface area (Å²) in [6, 6.07) is 18.2. The lowest BCUT2D eigenvalue weighted by atomic mass is 10.0. The summed E-state index contributed by atoms with van der Waals surface area (Å²) in [6.07, 6.45) is -0.286. The first-order chi connectivity index (χ1) is 20.4. The average molecular weight is 621 g/mol. The van der Waals surface area contributed by atoms with Crippen LogP contribution in [0.15, 0.2) is 60.7 Å². The monoisotopic (exact) mass is 620 g/mol. The van der Waals surface area contributed by atoms with Crippen LogP contribution in [0.5, 0.6) is 34.5 Å². The highest BCUT2D eigenvalue weighted by atomic mass is 31.2. The average Bonchev–Trinajstić information content (AvgIpc) is 2.89. The molecule has 0 spiro atoms. The highest BCUT2D eigenvalue weighted by molar-refractivity contribution is 7.50. The molecular formula is C36H45O7P. The maximum atomic E-state index is 11.2. The molecule has 0 aliphatic heterocycles. The van der Waals surface area contributed by atoms with Crippen molar-refractivity contribution in [1.29, 1.82) is 0 Å². The van der Waals surface area contributed by atoms with Crippen LogP contribution in [0.1, 0.15) is 84.0 Å². The van der Waals surface area contributed by atoms with Gasteiger partial charge in [-0.25, -0.2) is 0 Å². The SMILES string of the molecule is Cc1cc(C)c(Oc2ccc(O)c(C(C)C)c2)c(C)c1.Cc1cc(CP(=O)(O)O)cc(C)c1Oc1ccc(O)c(C(C)C)c1. The largest absolute Gasteiger partial charge is 0.508 e.